The van der Waals surface area contributed by atoms with Crippen molar-refractivity contribution in [1.29, 1.82) is 0 Å². The first-order chi connectivity index (χ1) is 14.4. The SMILES string of the molecule is Cc1cc(C)cc(N2C(=O)C(=Cc3ccc(SCc4ccc(Cl)cc4)o3)SC2=S)c1. The summed E-state index contributed by atoms with van der Waals surface area (Å²) in [7, 11) is 0. The molecule has 7 heteroatoms. The first-order valence-electron chi connectivity index (χ1n) is 9.22. The molecule has 0 radical (unpaired) electrons. The molecule has 3 aromatic rings. The number of hydrogen-bond donors (Lipinski definition) is 0. The summed E-state index contributed by atoms with van der Waals surface area (Å²) >= 11 is 14.3. The van der Waals surface area contributed by atoms with Crippen molar-refractivity contribution in [2.45, 2.75) is 24.7 Å². The van der Waals surface area contributed by atoms with Crippen LogP contribution < -0.4 is 4.90 Å². The molecule has 1 aliphatic heterocycles. The normalized spacial score (nSPS) is 15.4. The predicted molar refractivity (Wildman–Crippen MR) is 131 cm³/mol. The van der Waals surface area contributed by atoms with Crippen molar-refractivity contribution in [3.05, 3.63) is 87.0 Å². The van der Waals surface area contributed by atoms with Gasteiger partial charge in [0.25, 0.3) is 5.91 Å². The molecule has 1 aliphatic rings. The van der Waals surface area contributed by atoms with Gasteiger partial charge in [0.15, 0.2) is 9.41 Å². The van der Waals surface area contributed by atoms with Crippen LogP contribution in [0.25, 0.3) is 6.08 Å². The van der Waals surface area contributed by atoms with E-state index in [1.165, 1.54) is 11.8 Å². The van der Waals surface area contributed by atoms with E-state index in [1.54, 1.807) is 22.7 Å². The summed E-state index contributed by atoms with van der Waals surface area (Å²) in [5, 5.41) is 1.52. The number of nitrogens with zero attached hydrogens (tertiary/aromatic N) is 1. The third-order valence-corrected chi connectivity index (χ3v) is 6.96. The molecule has 0 spiro atoms. The summed E-state index contributed by atoms with van der Waals surface area (Å²) in [6, 6.07) is 17.5. The average Bonchev–Trinajstić information content (AvgIpc) is 3.24. The minimum atomic E-state index is -0.123. The number of halogens is 1. The van der Waals surface area contributed by atoms with Gasteiger partial charge >= 0.3 is 0 Å². The van der Waals surface area contributed by atoms with E-state index in [0.717, 1.165) is 38.2 Å². The first-order valence-corrected chi connectivity index (χ1v) is 11.8. The number of benzene rings is 2. The highest BCUT2D eigenvalue weighted by atomic mass is 35.5. The molecule has 0 bridgehead atoms. The highest BCUT2D eigenvalue weighted by Gasteiger charge is 2.33. The topological polar surface area (TPSA) is 33.5 Å². The molecule has 0 N–H and O–H groups in total. The summed E-state index contributed by atoms with van der Waals surface area (Å²) in [6.07, 6.45) is 1.76. The summed E-state index contributed by atoms with van der Waals surface area (Å²) in [5.74, 6) is 1.29. The van der Waals surface area contributed by atoms with Crippen LogP contribution in [0.5, 0.6) is 0 Å². The van der Waals surface area contributed by atoms with Crippen LogP contribution in [-0.4, -0.2) is 10.2 Å². The number of hydrogen-bond acceptors (Lipinski definition) is 5. The van der Waals surface area contributed by atoms with Gasteiger partial charge in [-0.2, -0.15) is 0 Å². The van der Waals surface area contributed by atoms with Gasteiger partial charge in [0.1, 0.15) is 5.76 Å². The number of aryl methyl sites for hydroxylation is 2. The van der Waals surface area contributed by atoms with E-state index in [-0.39, 0.29) is 5.91 Å². The molecular weight excluding hydrogens is 454 g/mol. The smallest absolute Gasteiger partial charge is 0.270 e. The Morgan fingerprint density at radius 2 is 1.80 bits per heavy atom. The number of carbonyl (C=O) groups is 1. The second-order valence-corrected chi connectivity index (χ2v) is 10.0. The molecule has 1 amide bonds. The molecule has 0 unspecified atom stereocenters. The lowest BCUT2D eigenvalue weighted by Gasteiger charge is -2.16. The van der Waals surface area contributed by atoms with Crippen molar-refractivity contribution in [2.75, 3.05) is 4.90 Å². The van der Waals surface area contributed by atoms with Gasteiger partial charge < -0.3 is 4.42 Å². The molecule has 0 atom stereocenters. The molecule has 30 heavy (non-hydrogen) atoms. The Balaban J connectivity index is 1.48. The number of amides is 1. The molecule has 2 aromatic carbocycles. The van der Waals surface area contributed by atoms with Crippen LogP contribution in [0.15, 0.2) is 69.0 Å². The van der Waals surface area contributed by atoms with Crippen LogP contribution in [0.3, 0.4) is 0 Å². The highest BCUT2D eigenvalue weighted by Crippen LogP contribution is 2.37. The molecule has 2 heterocycles. The van der Waals surface area contributed by atoms with E-state index in [9.17, 15) is 4.79 Å². The lowest BCUT2D eigenvalue weighted by molar-refractivity contribution is -0.113. The third kappa shape index (κ3) is 4.83. The fourth-order valence-electron chi connectivity index (χ4n) is 3.12. The van der Waals surface area contributed by atoms with E-state index in [4.69, 9.17) is 28.2 Å². The second-order valence-electron chi connectivity index (χ2n) is 6.93. The number of furan rings is 1. The van der Waals surface area contributed by atoms with Crippen molar-refractivity contribution < 1.29 is 9.21 Å². The maximum absolute atomic E-state index is 13.0. The molecule has 3 nitrogen and oxygen atoms in total. The first kappa shape index (κ1) is 21.2. The van der Waals surface area contributed by atoms with Crippen molar-refractivity contribution in [3.63, 3.8) is 0 Å². The molecular formula is C23H18ClNO2S3. The van der Waals surface area contributed by atoms with Gasteiger partial charge in [-0.15, -0.1) is 0 Å². The Bertz CT molecular complexity index is 1130. The number of rotatable bonds is 5. The molecule has 1 fully saturated rings. The monoisotopic (exact) mass is 471 g/mol. The Morgan fingerprint density at radius 3 is 2.50 bits per heavy atom. The Morgan fingerprint density at radius 1 is 1.10 bits per heavy atom. The minimum absolute atomic E-state index is 0.123. The van der Waals surface area contributed by atoms with E-state index in [0.29, 0.717) is 15.0 Å². The summed E-state index contributed by atoms with van der Waals surface area (Å²) in [6.45, 7) is 4.02. The summed E-state index contributed by atoms with van der Waals surface area (Å²) in [4.78, 5) is 15.1. The average molecular weight is 472 g/mol. The summed E-state index contributed by atoms with van der Waals surface area (Å²) < 4.78 is 6.41. The summed E-state index contributed by atoms with van der Waals surface area (Å²) in [5.41, 5.74) is 4.15. The number of thioether (sulfide) groups is 2. The van der Waals surface area contributed by atoms with E-state index in [2.05, 4.69) is 6.07 Å². The van der Waals surface area contributed by atoms with Crippen LogP contribution in [0, 0.1) is 13.8 Å². The molecule has 1 saturated heterocycles. The number of thiocarbonyl (C=S) groups is 1. The Labute approximate surface area is 194 Å². The highest BCUT2D eigenvalue weighted by molar-refractivity contribution is 8.27. The molecule has 0 aliphatic carbocycles. The van der Waals surface area contributed by atoms with E-state index in [1.807, 2.05) is 62.4 Å². The predicted octanol–water partition coefficient (Wildman–Crippen LogP) is 7.25. The molecule has 152 valence electrons. The third-order valence-electron chi connectivity index (χ3n) is 4.43. The van der Waals surface area contributed by atoms with Crippen molar-refractivity contribution >= 4 is 69.3 Å². The lowest BCUT2D eigenvalue weighted by Crippen LogP contribution is -2.27. The van der Waals surface area contributed by atoms with Gasteiger partial charge in [0.05, 0.1) is 10.6 Å². The van der Waals surface area contributed by atoms with Crippen molar-refractivity contribution in [1.82, 2.24) is 0 Å². The van der Waals surface area contributed by atoms with Crippen LogP contribution in [0.2, 0.25) is 5.02 Å². The minimum Gasteiger partial charge on any atom is -0.450 e. The second kappa shape index (κ2) is 9.02. The number of carbonyl (C=O) groups excluding carboxylic acids is 1. The molecule has 0 saturated carbocycles. The van der Waals surface area contributed by atoms with E-state index < -0.39 is 0 Å². The fourth-order valence-corrected chi connectivity index (χ4v) is 5.35. The van der Waals surface area contributed by atoms with Gasteiger partial charge in [-0.1, -0.05) is 65.5 Å². The zero-order chi connectivity index (χ0) is 21.3. The van der Waals surface area contributed by atoms with Crippen molar-refractivity contribution in [2.24, 2.45) is 0 Å². The zero-order valence-corrected chi connectivity index (χ0v) is 19.6. The van der Waals surface area contributed by atoms with Crippen molar-refractivity contribution in [3.8, 4) is 0 Å². The van der Waals surface area contributed by atoms with Gasteiger partial charge in [-0.3, -0.25) is 9.69 Å². The number of anilines is 1. The standard InChI is InChI=1S/C23H18ClNO2S3/c1-14-9-15(2)11-18(10-14)25-22(26)20(30-23(25)28)12-19-7-8-21(27-19)29-13-16-3-5-17(24)6-4-16/h3-12H,13H2,1-2H3. The molecule has 4 rings (SSSR count). The lowest BCUT2D eigenvalue weighted by atomic mass is 10.1. The Hall–Kier alpha value is -1.99. The molecule has 1 aromatic heterocycles. The van der Waals surface area contributed by atoms with Crippen LogP contribution in [0.1, 0.15) is 22.5 Å². The maximum atomic E-state index is 13.0. The van der Waals surface area contributed by atoms with Crippen LogP contribution in [-0.2, 0) is 10.5 Å². The maximum Gasteiger partial charge on any atom is 0.270 e. The zero-order valence-electron chi connectivity index (χ0n) is 16.3. The van der Waals surface area contributed by atoms with Gasteiger partial charge in [0.2, 0.25) is 0 Å². The van der Waals surface area contributed by atoms with Gasteiger partial charge in [0, 0.05) is 16.9 Å². The van der Waals surface area contributed by atoms with Gasteiger partial charge in [-0.05, 0) is 66.9 Å². The van der Waals surface area contributed by atoms with Crippen LogP contribution in [0.4, 0.5) is 5.69 Å². The van der Waals surface area contributed by atoms with Gasteiger partial charge in [-0.25, -0.2) is 0 Å². The fraction of sp³-hybridized carbons (Fsp3) is 0.130. The quantitative estimate of drug-likeness (QED) is 0.222. The van der Waals surface area contributed by atoms with Crippen LogP contribution >= 0.6 is 47.3 Å². The Kier molecular flexibility index (Phi) is 6.39. The largest absolute Gasteiger partial charge is 0.450 e. The van der Waals surface area contributed by atoms with E-state index >= 15 is 0 Å².